The molecule has 0 amide bonds. The van der Waals surface area contributed by atoms with E-state index in [4.69, 9.17) is 5.11 Å². The molecule has 1 aromatic heterocycles. The molecule has 1 aliphatic rings. The van der Waals surface area contributed by atoms with E-state index < -0.39 is 21.3 Å². The van der Waals surface area contributed by atoms with Crippen molar-refractivity contribution in [3.05, 3.63) is 22.3 Å². The van der Waals surface area contributed by atoms with Gasteiger partial charge in [-0.2, -0.15) is 0 Å². The summed E-state index contributed by atoms with van der Waals surface area (Å²) >= 11 is 3.16. The minimum absolute atomic E-state index is 0.0138. The molecule has 1 fully saturated rings. The Morgan fingerprint density at radius 2 is 2.26 bits per heavy atom. The first-order chi connectivity index (χ1) is 8.71. The van der Waals surface area contributed by atoms with Gasteiger partial charge in [0, 0.05) is 10.7 Å². The van der Waals surface area contributed by atoms with Crippen LogP contribution in [0.3, 0.4) is 0 Å². The number of rotatable bonds is 3. The number of pyridine rings is 1. The minimum atomic E-state index is -3.06. The van der Waals surface area contributed by atoms with Crippen LogP contribution in [0.2, 0.25) is 0 Å². The van der Waals surface area contributed by atoms with Gasteiger partial charge in [-0.3, -0.25) is 0 Å². The summed E-state index contributed by atoms with van der Waals surface area (Å²) in [6, 6.07) is 1.43. The molecule has 1 unspecified atom stereocenters. The van der Waals surface area contributed by atoms with Crippen molar-refractivity contribution < 1.29 is 18.3 Å². The maximum absolute atomic E-state index is 11.5. The topological polar surface area (TPSA) is 96.4 Å². The zero-order valence-corrected chi connectivity index (χ0v) is 12.6. The zero-order chi connectivity index (χ0) is 14.3. The molecule has 0 aliphatic carbocycles. The van der Waals surface area contributed by atoms with Gasteiger partial charge in [-0.15, -0.1) is 0 Å². The van der Waals surface area contributed by atoms with E-state index in [1.54, 1.807) is 6.92 Å². The molecule has 2 heterocycles. The first-order valence-electron chi connectivity index (χ1n) is 5.58. The van der Waals surface area contributed by atoms with Crippen LogP contribution in [0, 0.1) is 0 Å². The average molecular weight is 349 g/mol. The summed E-state index contributed by atoms with van der Waals surface area (Å²) in [5.74, 6) is -0.831. The number of aromatic nitrogens is 1. The van der Waals surface area contributed by atoms with E-state index in [9.17, 15) is 13.2 Å². The number of carboxylic acids is 1. The third kappa shape index (κ3) is 3.24. The lowest BCUT2D eigenvalue weighted by Gasteiger charge is -2.25. The van der Waals surface area contributed by atoms with Crippen LogP contribution in [0.15, 0.2) is 16.7 Å². The van der Waals surface area contributed by atoms with Crippen molar-refractivity contribution in [1.29, 1.82) is 0 Å². The van der Waals surface area contributed by atoms with Crippen LogP contribution in [-0.4, -0.2) is 41.5 Å². The Kier molecular flexibility index (Phi) is 3.57. The van der Waals surface area contributed by atoms with E-state index in [1.165, 1.54) is 12.3 Å². The molecular formula is C11H13BrN2O4S. The van der Waals surface area contributed by atoms with Crippen LogP contribution in [0.1, 0.15) is 23.7 Å². The summed E-state index contributed by atoms with van der Waals surface area (Å²) in [6.07, 6.45) is 1.91. The first kappa shape index (κ1) is 14.3. The number of halogens is 1. The highest BCUT2D eigenvalue weighted by molar-refractivity contribution is 9.10. The second-order valence-electron chi connectivity index (χ2n) is 4.88. The highest BCUT2D eigenvalue weighted by Crippen LogP contribution is 2.28. The Balaban J connectivity index is 2.32. The fourth-order valence-electron chi connectivity index (χ4n) is 2.10. The van der Waals surface area contributed by atoms with E-state index in [1.807, 2.05) is 0 Å². The van der Waals surface area contributed by atoms with Crippen molar-refractivity contribution in [3.63, 3.8) is 0 Å². The lowest BCUT2D eigenvalue weighted by Crippen LogP contribution is -2.36. The number of anilines is 1. The zero-order valence-electron chi connectivity index (χ0n) is 10.2. The van der Waals surface area contributed by atoms with E-state index in [0.717, 1.165) is 0 Å². The van der Waals surface area contributed by atoms with Gasteiger partial charge >= 0.3 is 5.97 Å². The van der Waals surface area contributed by atoms with Gasteiger partial charge in [0.1, 0.15) is 11.4 Å². The van der Waals surface area contributed by atoms with Gasteiger partial charge < -0.3 is 10.4 Å². The molecule has 19 heavy (non-hydrogen) atoms. The van der Waals surface area contributed by atoms with Gasteiger partial charge in [0.2, 0.25) is 0 Å². The van der Waals surface area contributed by atoms with Crippen molar-refractivity contribution in [2.45, 2.75) is 18.9 Å². The summed E-state index contributed by atoms with van der Waals surface area (Å²) < 4.78 is 23.6. The Bertz CT molecular complexity index is 632. The van der Waals surface area contributed by atoms with Crippen molar-refractivity contribution in [3.8, 4) is 0 Å². The molecule has 0 radical (unpaired) electrons. The van der Waals surface area contributed by atoms with Crippen LogP contribution in [0.4, 0.5) is 5.82 Å². The lowest BCUT2D eigenvalue weighted by molar-refractivity contribution is 0.0697. The Morgan fingerprint density at radius 3 is 2.79 bits per heavy atom. The molecule has 2 N–H and O–H groups in total. The number of nitrogens with zero attached hydrogens (tertiary/aromatic N) is 1. The molecule has 0 aromatic carbocycles. The van der Waals surface area contributed by atoms with Crippen LogP contribution in [0.5, 0.6) is 0 Å². The fourth-order valence-corrected chi connectivity index (χ4v) is 4.52. The summed E-state index contributed by atoms with van der Waals surface area (Å²) in [5, 5.41) is 12.1. The number of hydrogen-bond donors (Lipinski definition) is 2. The van der Waals surface area contributed by atoms with Gasteiger partial charge in [-0.25, -0.2) is 18.2 Å². The number of sulfone groups is 1. The Labute approximate surface area is 119 Å². The monoisotopic (exact) mass is 348 g/mol. The van der Waals surface area contributed by atoms with Crippen molar-refractivity contribution in [1.82, 2.24) is 4.98 Å². The van der Waals surface area contributed by atoms with Gasteiger partial charge in [0.25, 0.3) is 0 Å². The van der Waals surface area contributed by atoms with Crippen LogP contribution >= 0.6 is 15.9 Å². The standard InChI is InChI=1S/C11H13BrN2O4S/c1-11(2-3-19(17,18)6-11)14-9-8(10(15)16)4-7(12)5-13-9/h4-5H,2-3,6H2,1H3,(H,13,14)(H,15,16). The third-order valence-corrected chi connectivity index (χ3v) is 5.35. The normalized spacial score (nSPS) is 25.2. The average Bonchev–Trinajstić information content (AvgIpc) is 2.55. The largest absolute Gasteiger partial charge is 0.478 e. The van der Waals surface area contributed by atoms with E-state index in [-0.39, 0.29) is 22.9 Å². The summed E-state index contributed by atoms with van der Waals surface area (Å²) in [5.41, 5.74) is -0.663. The molecule has 104 valence electrons. The molecule has 1 aliphatic heterocycles. The quantitative estimate of drug-likeness (QED) is 0.859. The Hall–Kier alpha value is -1.15. The molecule has 6 nitrogen and oxygen atoms in total. The van der Waals surface area contributed by atoms with E-state index in [0.29, 0.717) is 10.9 Å². The highest BCUT2D eigenvalue weighted by atomic mass is 79.9. The third-order valence-electron chi connectivity index (χ3n) is 3.01. The number of carbonyl (C=O) groups is 1. The highest BCUT2D eigenvalue weighted by Gasteiger charge is 2.39. The molecule has 2 rings (SSSR count). The van der Waals surface area contributed by atoms with Gasteiger partial charge in [-0.1, -0.05) is 0 Å². The predicted molar refractivity (Wildman–Crippen MR) is 74.2 cm³/mol. The molecule has 1 aromatic rings. The van der Waals surface area contributed by atoms with Crippen LogP contribution in [0.25, 0.3) is 0 Å². The van der Waals surface area contributed by atoms with Gasteiger partial charge in [0.15, 0.2) is 9.84 Å². The van der Waals surface area contributed by atoms with Crippen LogP contribution in [-0.2, 0) is 9.84 Å². The molecule has 8 heteroatoms. The second kappa shape index (κ2) is 4.75. The number of hydrogen-bond acceptors (Lipinski definition) is 5. The molecule has 0 bridgehead atoms. The fraction of sp³-hybridized carbons (Fsp3) is 0.455. The SMILES string of the molecule is CC1(Nc2ncc(Br)cc2C(=O)O)CCS(=O)(=O)C1. The Morgan fingerprint density at radius 1 is 1.58 bits per heavy atom. The second-order valence-corrected chi connectivity index (χ2v) is 7.98. The van der Waals surface area contributed by atoms with E-state index in [2.05, 4.69) is 26.2 Å². The molecular weight excluding hydrogens is 336 g/mol. The number of aromatic carboxylic acids is 1. The van der Waals surface area contributed by atoms with Gasteiger partial charge in [-0.05, 0) is 35.3 Å². The molecule has 1 atom stereocenters. The first-order valence-corrected chi connectivity index (χ1v) is 8.20. The maximum Gasteiger partial charge on any atom is 0.339 e. The predicted octanol–water partition coefficient (Wildman–Crippen LogP) is 1.53. The smallest absolute Gasteiger partial charge is 0.339 e. The van der Waals surface area contributed by atoms with Gasteiger partial charge in [0.05, 0.1) is 17.0 Å². The number of carboxylic acid groups (broad SMARTS) is 1. The van der Waals surface area contributed by atoms with Crippen molar-refractivity contribution >= 4 is 37.6 Å². The summed E-state index contributed by atoms with van der Waals surface area (Å²) in [6.45, 7) is 1.76. The molecule has 0 saturated carbocycles. The summed E-state index contributed by atoms with van der Waals surface area (Å²) in [4.78, 5) is 15.2. The number of nitrogens with one attached hydrogen (secondary N) is 1. The van der Waals surface area contributed by atoms with Crippen molar-refractivity contribution in [2.75, 3.05) is 16.8 Å². The summed E-state index contributed by atoms with van der Waals surface area (Å²) in [7, 11) is -3.06. The maximum atomic E-state index is 11.5. The molecule has 1 saturated heterocycles. The van der Waals surface area contributed by atoms with Crippen molar-refractivity contribution in [2.24, 2.45) is 0 Å². The molecule has 0 spiro atoms. The van der Waals surface area contributed by atoms with E-state index >= 15 is 0 Å². The minimum Gasteiger partial charge on any atom is -0.478 e. The lowest BCUT2D eigenvalue weighted by atomic mass is 10.0. The van der Waals surface area contributed by atoms with Crippen LogP contribution < -0.4 is 5.32 Å².